The molecule has 0 unspecified atom stereocenters. The predicted octanol–water partition coefficient (Wildman–Crippen LogP) is 4.20. The van der Waals surface area contributed by atoms with Crippen molar-refractivity contribution >= 4 is 11.6 Å². The third-order valence-corrected chi connectivity index (χ3v) is 3.42. The standard InChI is InChI=1S/C16H18ClNO/c1-11-4-3-5-13(8-11)12(2)18-10-14-9-15(17)6-7-16(14)19/h3-9,12,18-19H,10H2,1-2H3/t12-/m1/s1. The Labute approximate surface area is 119 Å². The number of nitrogens with one attached hydrogen (secondary N) is 1. The van der Waals surface area contributed by atoms with Crippen LogP contribution in [0.1, 0.15) is 29.7 Å². The maximum Gasteiger partial charge on any atom is 0.120 e. The molecule has 100 valence electrons. The first-order chi connectivity index (χ1) is 9.06. The van der Waals surface area contributed by atoms with Gasteiger partial charge in [0.1, 0.15) is 5.75 Å². The normalized spacial score (nSPS) is 12.4. The van der Waals surface area contributed by atoms with Gasteiger partial charge in [0, 0.05) is 23.2 Å². The van der Waals surface area contributed by atoms with Crippen LogP contribution in [0.4, 0.5) is 0 Å². The van der Waals surface area contributed by atoms with Gasteiger partial charge in [0.05, 0.1) is 0 Å². The maximum absolute atomic E-state index is 9.76. The highest BCUT2D eigenvalue weighted by molar-refractivity contribution is 6.30. The number of hydrogen-bond acceptors (Lipinski definition) is 2. The summed E-state index contributed by atoms with van der Waals surface area (Å²) < 4.78 is 0. The number of halogens is 1. The van der Waals surface area contributed by atoms with Gasteiger partial charge < -0.3 is 10.4 Å². The molecule has 19 heavy (non-hydrogen) atoms. The molecule has 2 aromatic carbocycles. The van der Waals surface area contributed by atoms with Crippen LogP contribution in [0.2, 0.25) is 5.02 Å². The molecule has 2 nitrogen and oxygen atoms in total. The van der Waals surface area contributed by atoms with Crippen LogP contribution in [0.15, 0.2) is 42.5 Å². The molecule has 2 N–H and O–H groups in total. The van der Waals surface area contributed by atoms with Crippen molar-refractivity contribution in [3.63, 3.8) is 0 Å². The van der Waals surface area contributed by atoms with Crippen molar-refractivity contribution in [3.8, 4) is 5.75 Å². The highest BCUT2D eigenvalue weighted by Crippen LogP contribution is 2.22. The fraction of sp³-hybridized carbons (Fsp3) is 0.250. The molecule has 0 fully saturated rings. The number of aromatic hydroxyl groups is 1. The highest BCUT2D eigenvalue weighted by atomic mass is 35.5. The maximum atomic E-state index is 9.76. The lowest BCUT2D eigenvalue weighted by Gasteiger charge is -2.15. The number of phenolic OH excluding ortho intramolecular Hbond substituents is 1. The molecule has 1 atom stereocenters. The topological polar surface area (TPSA) is 32.3 Å². The molecule has 0 bridgehead atoms. The van der Waals surface area contributed by atoms with Gasteiger partial charge >= 0.3 is 0 Å². The van der Waals surface area contributed by atoms with Crippen LogP contribution in [-0.2, 0) is 6.54 Å². The Balaban J connectivity index is 2.04. The van der Waals surface area contributed by atoms with Crippen molar-refractivity contribution in [2.45, 2.75) is 26.4 Å². The first-order valence-electron chi connectivity index (χ1n) is 6.33. The van der Waals surface area contributed by atoms with E-state index in [2.05, 4.69) is 43.4 Å². The van der Waals surface area contributed by atoms with Crippen molar-refractivity contribution in [3.05, 3.63) is 64.2 Å². The van der Waals surface area contributed by atoms with Crippen molar-refractivity contribution in [2.24, 2.45) is 0 Å². The minimum atomic E-state index is 0.221. The zero-order chi connectivity index (χ0) is 13.8. The van der Waals surface area contributed by atoms with Gasteiger partial charge in [-0.05, 0) is 37.6 Å². The highest BCUT2D eigenvalue weighted by Gasteiger charge is 2.07. The molecule has 0 spiro atoms. The van der Waals surface area contributed by atoms with E-state index in [0.29, 0.717) is 11.6 Å². The number of rotatable bonds is 4. The lowest BCUT2D eigenvalue weighted by Crippen LogP contribution is -2.18. The zero-order valence-electron chi connectivity index (χ0n) is 11.2. The Morgan fingerprint density at radius 1 is 1.21 bits per heavy atom. The van der Waals surface area contributed by atoms with Gasteiger partial charge in [-0.25, -0.2) is 0 Å². The van der Waals surface area contributed by atoms with E-state index in [0.717, 1.165) is 5.56 Å². The molecule has 0 aliphatic heterocycles. The summed E-state index contributed by atoms with van der Waals surface area (Å²) in [5.41, 5.74) is 3.30. The van der Waals surface area contributed by atoms with Crippen LogP contribution in [0, 0.1) is 6.92 Å². The zero-order valence-corrected chi connectivity index (χ0v) is 11.9. The van der Waals surface area contributed by atoms with Crippen LogP contribution >= 0.6 is 11.6 Å². The van der Waals surface area contributed by atoms with Gasteiger partial charge in [0.2, 0.25) is 0 Å². The monoisotopic (exact) mass is 275 g/mol. The second-order valence-electron chi connectivity index (χ2n) is 4.79. The molecule has 0 radical (unpaired) electrons. The van der Waals surface area contributed by atoms with Crippen LogP contribution < -0.4 is 5.32 Å². The fourth-order valence-electron chi connectivity index (χ4n) is 2.02. The number of phenols is 1. The van der Waals surface area contributed by atoms with E-state index < -0.39 is 0 Å². The van der Waals surface area contributed by atoms with Gasteiger partial charge in [-0.15, -0.1) is 0 Å². The molecular formula is C16H18ClNO. The summed E-state index contributed by atoms with van der Waals surface area (Å²) >= 11 is 5.93. The first-order valence-corrected chi connectivity index (χ1v) is 6.71. The van der Waals surface area contributed by atoms with Crippen molar-refractivity contribution in [1.29, 1.82) is 0 Å². The molecule has 0 aliphatic carbocycles. The Morgan fingerprint density at radius 3 is 2.74 bits per heavy atom. The summed E-state index contributed by atoms with van der Waals surface area (Å²) in [5.74, 6) is 0.272. The Bertz CT molecular complexity index is 568. The third kappa shape index (κ3) is 3.72. The molecule has 2 aromatic rings. The Kier molecular flexibility index (Phi) is 4.46. The summed E-state index contributed by atoms with van der Waals surface area (Å²) in [4.78, 5) is 0. The number of benzene rings is 2. The first kappa shape index (κ1) is 13.9. The molecule has 0 saturated heterocycles. The summed E-state index contributed by atoms with van der Waals surface area (Å²) in [6.45, 7) is 4.77. The van der Waals surface area contributed by atoms with E-state index in [9.17, 15) is 5.11 Å². The van der Waals surface area contributed by atoms with Gasteiger partial charge in [-0.3, -0.25) is 0 Å². The SMILES string of the molecule is Cc1cccc([C@@H](C)NCc2cc(Cl)ccc2O)c1. The predicted molar refractivity (Wildman–Crippen MR) is 79.6 cm³/mol. The number of hydrogen-bond donors (Lipinski definition) is 2. The smallest absolute Gasteiger partial charge is 0.120 e. The van der Waals surface area contributed by atoms with Crippen molar-refractivity contribution < 1.29 is 5.11 Å². The third-order valence-electron chi connectivity index (χ3n) is 3.18. The second-order valence-corrected chi connectivity index (χ2v) is 5.23. The minimum absolute atomic E-state index is 0.221. The van der Waals surface area contributed by atoms with Gasteiger partial charge in [0.25, 0.3) is 0 Å². The Morgan fingerprint density at radius 2 is 2.00 bits per heavy atom. The van der Waals surface area contributed by atoms with Gasteiger partial charge in [-0.1, -0.05) is 41.4 Å². The lowest BCUT2D eigenvalue weighted by atomic mass is 10.1. The molecule has 0 amide bonds. The summed E-state index contributed by atoms with van der Waals surface area (Å²) in [6.07, 6.45) is 0. The van der Waals surface area contributed by atoms with E-state index >= 15 is 0 Å². The summed E-state index contributed by atoms with van der Waals surface area (Å²) in [5, 5.41) is 13.8. The molecule has 0 aromatic heterocycles. The molecule has 0 aliphatic rings. The second kappa shape index (κ2) is 6.09. The van der Waals surface area contributed by atoms with Gasteiger partial charge in [0.15, 0.2) is 0 Å². The van der Waals surface area contributed by atoms with Crippen LogP contribution in [0.5, 0.6) is 5.75 Å². The Hall–Kier alpha value is -1.51. The molecular weight excluding hydrogens is 258 g/mol. The van der Waals surface area contributed by atoms with E-state index in [1.165, 1.54) is 11.1 Å². The molecule has 0 heterocycles. The van der Waals surface area contributed by atoms with E-state index in [-0.39, 0.29) is 11.8 Å². The van der Waals surface area contributed by atoms with E-state index in [1.807, 2.05) is 0 Å². The fourth-order valence-corrected chi connectivity index (χ4v) is 2.21. The average Bonchev–Trinajstić information content (AvgIpc) is 2.39. The molecule has 0 saturated carbocycles. The van der Waals surface area contributed by atoms with Gasteiger partial charge in [-0.2, -0.15) is 0 Å². The van der Waals surface area contributed by atoms with Crippen LogP contribution in [0.3, 0.4) is 0 Å². The lowest BCUT2D eigenvalue weighted by molar-refractivity contribution is 0.460. The summed E-state index contributed by atoms with van der Waals surface area (Å²) in [7, 11) is 0. The quantitative estimate of drug-likeness (QED) is 0.876. The van der Waals surface area contributed by atoms with E-state index in [1.54, 1.807) is 18.2 Å². The summed E-state index contributed by atoms with van der Waals surface area (Å²) in [6, 6.07) is 13.7. The van der Waals surface area contributed by atoms with Crippen LogP contribution in [-0.4, -0.2) is 5.11 Å². The van der Waals surface area contributed by atoms with E-state index in [4.69, 9.17) is 11.6 Å². The number of aryl methyl sites for hydroxylation is 1. The molecule has 2 rings (SSSR count). The molecule has 3 heteroatoms. The van der Waals surface area contributed by atoms with Crippen LogP contribution in [0.25, 0.3) is 0 Å². The average molecular weight is 276 g/mol. The minimum Gasteiger partial charge on any atom is -0.508 e. The largest absolute Gasteiger partial charge is 0.508 e. The van der Waals surface area contributed by atoms with Crippen molar-refractivity contribution in [1.82, 2.24) is 5.32 Å². The van der Waals surface area contributed by atoms with Crippen molar-refractivity contribution in [2.75, 3.05) is 0 Å².